The Labute approximate surface area is 148 Å². The van der Waals surface area contributed by atoms with E-state index in [-0.39, 0.29) is 0 Å². The van der Waals surface area contributed by atoms with Gasteiger partial charge in [-0.05, 0) is 55.3 Å². The molecule has 1 saturated carbocycles. The zero-order valence-electron chi connectivity index (χ0n) is 17.1. The van der Waals surface area contributed by atoms with Crippen LogP contribution < -0.4 is 0 Å². The average molecular weight is 323 g/mol. The van der Waals surface area contributed by atoms with Crippen LogP contribution in [0.5, 0.6) is 0 Å². The fraction of sp³-hybridized carbons (Fsp3) is 1.00. The summed E-state index contributed by atoms with van der Waals surface area (Å²) in [6.07, 6.45) is 19.1. The standard InChI is InChI=1S/C23H46/c1-6-9-13-22-16-17-23(22)15-14-20(5)11-10-12-21(8-3)18-19(4)7-2/h19-23H,6-18H2,1-5H3. The van der Waals surface area contributed by atoms with Crippen molar-refractivity contribution in [1.29, 1.82) is 0 Å². The number of hydrogen-bond donors (Lipinski definition) is 0. The Balaban J connectivity index is 2.08. The van der Waals surface area contributed by atoms with E-state index in [1.54, 1.807) is 0 Å². The van der Waals surface area contributed by atoms with E-state index in [1.807, 2.05) is 0 Å². The summed E-state index contributed by atoms with van der Waals surface area (Å²) in [6.45, 7) is 12.0. The molecular weight excluding hydrogens is 276 g/mol. The van der Waals surface area contributed by atoms with Crippen molar-refractivity contribution in [2.45, 2.75) is 118 Å². The molecule has 0 amide bonds. The molecule has 0 heterocycles. The molecule has 0 aromatic carbocycles. The SMILES string of the molecule is CCCCC1CCC1CCC(C)CCCC(CC)CC(C)CC. The molecule has 0 N–H and O–H groups in total. The molecule has 5 atom stereocenters. The van der Waals surface area contributed by atoms with Crippen molar-refractivity contribution in [1.82, 2.24) is 0 Å². The Hall–Kier alpha value is 0. The van der Waals surface area contributed by atoms with Crippen LogP contribution in [0, 0.1) is 29.6 Å². The summed E-state index contributed by atoms with van der Waals surface area (Å²) in [5, 5.41) is 0. The van der Waals surface area contributed by atoms with Crippen molar-refractivity contribution in [3.63, 3.8) is 0 Å². The third kappa shape index (κ3) is 8.59. The number of rotatable bonds is 14. The molecule has 0 bridgehead atoms. The Morgan fingerprint density at radius 3 is 2.00 bits per heavy atom. The minimum absolute atomic E-state index is 0.927. The molecule has 0 heteroatoms. The van der Waals surface area contributed by atoms with Crippen LogP contribution in [-0.4, -0.2) is 0 Å². The van der Waals surface area contributed by atoms with E-state index >= 15 is 0 Å². The third-order valence-corrected chi connectivity index (χ3v) is 6.85. The molecule has 1 aliphatic rings. The normalized spacial score (nSPS) is 24.9. The minimum atomic E-state index is 0.927. The fourth-order valence-corrected chi connectivity index (χ4v) is 4.49. The van der Waals surface area contributed by atoms with Gasteiger partial charge in [-0.2, -0.15) is 0 Å². The highest BCUT2D eigenvalue weighted by Gasteiger charge is 2.29. The lowest BCUT2D eigenvalue weighted by molar-refractivity contribution is 0.140. The highest BCUT2D eigenvalue weighted by molar-refractivity contribution is 4.81. The molecule has 0 spiro atoms. The van der Waals surface area contributed by atoms with Gasteiger partial charge in [0, 0.05) is 0 Å². The highest BCUT2D eigenvalue weighted by atomic mass is 14.3. The van der Waals surface area contributed by atoms with E-state index in [1.165, 1.54) is 83.5 Å². The van der Waals surface area contributed by atoms with Crippen molar-refractivity contribution in [3.8, 4) is 0 Å². The van der Waals surface area contributed by atoms with Gasteiger partial charge < -0.3 is 0 Å². The van der Waals surface area contributed by atoms with Gasteiger partial charge in [-0.1, -0.05) is 92.4 Å². The zero-order valence-corrected chi connectivity index (χ0v) is 17.1. The maximum absolute atomic E-state index is 2.51. The third-order valence-electron chi connectivity index (χ3n) is 6.85. The van der Waals surface area contributed by atoms with Gasteiger partial charge in [-0.25, -0.2) is 0 Å². The van der Waals surface area contributed by atoms with E-state index < -0.39 is 0 Å². The molecule has 1 fully saturated rings. The number of hydrogen-bond acceptors (Lipinski definition) is 0. The first-order valence-electron chi connectivity index (χ1n) is 11.1. The van der Waals surface area contributed by atoms with Crippen molar-refractivity contribution in [2.75, 3.05) is 0 Å². The molecule has 0 aliphatic heterocycles. The van der Waals surface area contributed by atoms with E-state index in [2.05, 4.69) is 34.6 Å². The lowest BCUT2D eigenvalue weighted by atomic mass is 9.68. The number of unbranched alkanes of at least 4 members (excludes halogenated alkanes) is 1. The van der Waals surface area contributed by atoms with Gasteiger partial charge in [0.25, 0.3) is 0 Å². The van der Waals surface area contributed by atoms with Crippen molar-refractivity contribution in [3.05, 3.63) is 0 Å². The molecule has 0 aromatic heterocycles. The molecule has 0 aromatic rings. The monoisotopic (exact) mass is 322 g/mol. The summed E-state index contributed by atoms with van der Waals surface area (Å²) in [7, 11) is 0. The smallest absolute Gasteiger partial charge is 0.0386 e. The van der Waals surface area contributed by atoms with Crippen molar-refractivity contribution in [2.24, 2.45) is 29.6 Å². The van der Waals surface area contributed by atoms with E-state index in [0.717, 1.165) is 29.6 Å². The Bertz CT molecular complexity index is 269. The molecule has 0 nitrogen and oxygen atoms in total. The Kier molecular flexibility index (Phi) is 11.3. The molecule has 1 rings (SSSR count). The van der Waals surface area contributed by atoms with Crippen molar-refractivity contribution >= 4 is 0 Å². The van der Waals surface area contributed by atoms with Crippen LogP contribution in [0.4, 0.5) is 0 Å². The van der Waals surface area contributed by atoms with Gasteiger partial charge in [-0.15, -0.1) is 0 Å². The van der Waals surface area contributed by atoms with Crippen LogP contribution in [0.2, 0.25) is 0 Å². The van der Waals surface area contributed by atoms with Gasteiger partial charge >= 0.3 is 0 Å². The first kappa shape index (κ1) is 21.0. The van der Waals surface area contributed by atoms with Crippen LogP contribution >= 0.6 is 0 Å². The largest absolute Gasteiger partial charge is 0.0654 e. The summed E-state index contributed by atoms with van der Waals surface area (Å²) >= 11 is 0. The first-order valence-corrected chi connectivity index (χ1v) is 11.1. The Morgan fingerprint density at radius 2 is 1.43 bits per heavy atom. The van der Waals surface area contributed by atoms with Gasteiger partial charge in [0.2, 0.25) is 0 Å². The van der Waals surface area contributed by atoms with Gasteiger partial charge in [0.1, 0.15) is 0 Å². The van der Waals surface area contributed by atoms with Crippen LogP contribution in [0.25, 0.3) is 0 Å². The van der Waals surface area contributed by atoms with Crippen LogP contribution in [0.1, 0.15) is 118 Å². The molecule has 0 radical (unpaired) electrons. The summed E-state index contributed by atoms with van der Waals surface area (Å²) in [5.74, 6) is 5.07. The summed E-state index contributed by atoms with van der Waals surface area (Å²) in [4.78, 5) is 0. The van der Waals surface area contributed by atoms with Crippen molar-refractivity contribution < 1.29 is 0 Å². The molecule has 0 saturated heterocycles. The quantitative estimate of drug-likeness (QED) is 0.302. The second kappa shape index (κ2) is 12.4. The van der Waals surface area contributed by atoms with Crippen LogP contribution in [0.3, 0.4) is 0 Å². The second-order valence-electron chi connectivity index (χ2n) is 8.88. The minimum Gasteiger partial charge on any atom is -0.0654 e. The van der Waals surface area contributed by atoms with E-state index in [4.69, 9.17) is 0 Å². The van der Waals surface area contributed by atoms with Gasteiger partial charge in [0.05, 0.1) is 0 Å². The topological polar surface area (TPSA) is 0 Å². The zero-order chi connectivity index (χ0) is 17.1. The summed E-state index contributed by atoms with van der Waals surface area (Å²) in [6, 6.07) is 0. The average Bonchev–Trinajstić information content (AvgIpc) is 2.53. The lowest BCUT2D eigenvalue weighted by Gasteiger charge is -2.37. The highest BCUT2D eigenvalue weighted by Crippen LogP contribution is 2.41. The lowest BCUT2D eigenvalue weighted by Crippen LogP contribution is -2.26. The predicted octanol–water partition coefficient (Wildman–Crippen LogP) is 8.25. The molecular formula is C23H46. The molecule has 23 heavy (non-hydrogen) atoms. The molecule has 5 unspecified atom stereocenters. The maximum atomic E-state index is 2.51. The maximum Gasteiger partial charge on any atom is -0.0386 e. The predicted molar refractivity (Wildman–Crippen MR) is 106 cm³/mol. The Morgan fingerprint density at radius 1 is 0.739 bits per heavy atom. The van der Waals surface area contributed by atoms with Gasteiger partial charge in [-0.3, -0.25) is 0 Å². The molecule has 138 valence electrons. The summed E-state index contributed by atoms with van der Waals surface area (Å²) < 4.78 is 0. The molecule has 1 aliphatic carbocycles. The first-order chi connectivity index (χ1) is 11.1. The van der Waals surface area contributed by atoms with Gasteiger partial charge in [0.15, 0.2) is 0 Å². The second-order valence-corrected chi connectivity index (χ2v) is 8.88. The summed E-state index contributed by atoms with van der Waals surface area (Å²) in [5.41, 5.74) is 0. The van der Waals surface area contributed by atoms with Crippen LogP contribution in [-0.2, 0) is 0 Å². The van der Waals surface area contributed by atoms with E-state index in [0.29, 0.717) is 0 Å². The van der Waals surface area contributed by atoms with E-state index in [9.17, 15) is 0 Å². The fourth-order valence-electron chi connectivity index (χ4n) is 4.49. The van der Waals surface area contributed by atoms with Crippen LogP contribution in [0.15, 0.2) is 0 Å².